The Bertz CT molecular complexity index is 1280. The number of rotatable bonds is 7. The fourth-order valence-electron chi connectivity index (χ4n) is 4.49. The van der Waals surface area contributed by atoms with E-state index in [-0.39, 0.29) is 18.4 Å². The first-order valence-corrected chi connectivity index (χ1v) is 11.9. The van der Waals surface area contributed by atoms with Gasteiger partial charge in [-0.15, -0.1) is 0 Å². The monoisotopic (exact) mass is 456 g/mol. The SMILES string of the molecule is Cc1ccc(OC[C@H]2O[C@@H](n3cnc4c(C5CC5)ncnc43)C[C@@H]2Oc2ccc(C)cc2)cc1. The molecule has 1 aliphatic heterocycles. The van der Waals surface area contributed by atoms with Crippen molar-refractivity contribution in [3.05, 3.63) is 78.0 Å². The average molecular weight is 457 g/mol. The van der Waals surface area contributed by atoms with E-state index in [9.17, 15) is 0 Å². The first-order chi connectivity index (χ1) is 16.6. The van der Waals surface area contributed by atoms with Crippen molar-refractivity contribution < 1.29 is 14.2 Å². The number of nitrogens with zero attached hydrogens (tertiary/aromatic N) is 4. The smallest absolute Gasteiger partial charge is 0.165 e. The van der Waals surface area contributed by atoms with Gasteiger partial charge in [-0.3, -0.25) is 4.57 Å². The van der Waals surface area contributed by atoms with E-state index in [4.69, 9.17) is 14.2 Å². The van der Waals surface area contributed by atoms with Crippen molar-refractivity contribution in [1.29, 1.82) is 0 Å². The zero-order valence-corrected chi connectivity index (χ0v) is 19.4. The molecule has 1 aliphatic carbocycles. The van der Waals surface area contributed by atoms with Crippen LogP contribution in [-0.4, -0.2) is 38.3 Å². The summed E-state index contributed by atoms with van der Waals surface area (Å²) in [7, 11) is 0. The Labute approximate surface area is 198 Å². The molecule has 2 fully saturated rings. The van der Waals surface area contributed by atoms with E-state index < -0.39 is 0 Å². The second kappa shape index (κ2) is 8.72. The van der Waals surface area contributed by atoms with Crippen LogP contribution in [0.3, 0.4) is 0 Å². The van der Waals surface area contributed by atoms with Crippen LogP contribution in [0.15, 0.2) is 61.2 Å². The van der Waals surface area contributed by atoms with Crippen molar-refractivity contribution in [2.24, 2.45) is 0 Å². The zero-order valence-electron chi connectivity index (χ0n) is 19.4. The molecule has 7 nitrogen and oxygen atoms in total. The van der Waals surface area contributed by atoms with Gasteiger partial charge in [-0.05, 0) is 51.0 Å². The van der Waals surface area contributed by atoms with Crippen LogP contribution in [0.25, 0.3) is 11.2 Å². The fraction of sp³-hybridized carbons (Fsp3) is 0.370. The van der Waals surface area contributed by atoms with Gasteiger partial charge in [0.1, 0.15) is 48.4 Å². The van der Waals surface area contributed by atoms with Crippen molar-refractivity contribution in [1.82, 2.24) is 19.5 Å². The van der Waals surface area contributed by atoms with E-state index in [1.54, 1.807) is 6.33 Å². The molecule has 0 spiro atoms. The van der Waals surface area contributed by atoms with Crippen molar-refractivity contribution >= 4 is 11.2 Å². The topological polar surface area (TPSA) is 71.3 Å². The predicted molar refractivity (Wildman–Crippen MR) is 128 cm³/mol. The molecule has 1 saturated carbocycles. The van der Waals surface area contributed by atoms with Gasteiger partial charge in [-0.25, -0.2) is 15.0 Å². The second-order valence-corrected chi connectivity index (χ2v) is 9.32. The van der Waals surface area contributed by atoms with Crippen LogP contribution in [0.5, 0.6) is 11.5 Å². The molecule has 0 bridgehead atoms. The van der Waals surface area contributed by atoms with Gasteiger partial charge in [-0.1, -0.05) is 35.4 Å². The van der Waals surface area contributed by atoms with E-state index in [2.05, 4.69) is 40.9 Å². The Kier molecular flexibility index (Phi) is 5.41. The van der Waals surface area contributed by atoms with Gasteiger partial charge < -0.3 is 14.2 Å². The largest absolute Gasteiger partial charge is 0.491 e. The van der Waals surface area contributed by atoms with Crippen molar-refractivity contribution in [2.45, 2.75) is 57.5 Å². The lowest BCUT2D eigenvalue weighted by Gasteiger charge is -2.20. The Morgan fingerprint density at radius 1 is 0.912 bits per heavy atom. The molecule has 1 saturated heterocycles. The number of hydrogen-bond donors (Lipinski definition) is 0. The van der Waals surface area contributed by atoms with E-state index in [0.717, 1.165) is 28.4 Å². The van der Waals surface area contributed by atoms with E-state index in [1.807, 2.05) is 47.3 Å². The highest BCUT2D eigenvalue weighted by Crippen LogP contribution is 2.42. The molecule has 34 heavy (non-hydrogen) atoms. The maximum atomic E-state index is 6.50. The minimum Gasteiger partial charge on any atom is -0.491 e. The highest BCUT2D eigenvalue weighted by molar-refractivity contribution is 5.74. The Balaban J connectivity index is 1.25. The third-order valence-corrected chi connectivity index (χ3v) is 6.59. The highest BCUT2D eigenvalue weighted by atomic mass is 16.6. The summed E-state index contributed by atoms with van der Waals surface area (Å²) in [6.07, 6.45) is 5.82. The van der Waals surface area contributed by atoms with Crippen molar-refractivity contribution in [3.8, 4) is 11.5 Å². The summed E-state index contributed by atoms with van der Waals surface area (Å²) in [5, 5.41) is 0. The molecule has 2 aromatic heterocycles. The van der Waals surface area contributed by atoms with Gasteiger partial charge in [-0.2, -0.15) is 0 Å². The van der Waals surface area contributed by atoms with Crippen molar-refractivity contribution in [2.75, 3.05) is 6.61 Å². The zero-order chi connectivity index (χ0) is 23.1. The molecule has 2 aromatic carbocycles. The number of ether oxygens (including phenoxy) is 3. The van der Waals surface area contributed by atoms with Gasteiger partial charge in [0.25, 0.3) is 0 Å². The van der Waals surface area contributed by atoms with Crippen LogP contribution in [0.4, 0.5) is 0 Å². The summed E-state index contributed by atoms with van der Waals surface area (Å²) >= 11 is 0. The molecule has 3 atom stereocenters. The quantitative estimate of drug-likeness (QED) is 0.384. The maximum absolute atomic E-state index is 6.50. The van der Waals surface area contributed by atoms with E-state index >= 15 is 0 Å². The number of aromatic nitrogens is 4. The Morgan fingerprint density at radius 2 is 1.62 bits per heavy atom. The highest BCUT2D eigenvalue weighted by Gasteiger charge is 2.39. The first kappa shape index (κ1) is 21.1. The normalized spacial score (nSPS) is 22.2. The molecule has 6 rings (SSSR count). The number of aryl methyl sites for hydroxylation is 2. The lowest BCUT2D eigenvalue weighted by molar-refractivity contribution is -0.0341. The summed E-state index contributed by atoms with van der Waals surface area (Å²) in [6, 6.07) is 16.2. The van der Waals surface area contributed by atoms with E-state index in [0.29, 0.717) is 18.9 Å². The van der Waals surface area contributed by atoms with Gasteiger partial charge in [0.2, 0.25) is 0 Å². The number of fused-ring (bicyclic) bond motifs is 1. The van der Waals surface area contributed by atoms with Crippen LogP contribution in [-0.2, 0) is 4.74 Å². The van der Waals surface area contributed by atoms with Gasteiger partial charge >= 0.3 is 0 Å². The maximum Gasteiger partial charge on any atom is 0.165 e. The Hall–Kier alpha value is -3.45. The predicted octanol–water partition coefficient (Wildman–Crippen LogP) is 5.13. The summed E-state index contributed by atoms with van der Waals surface area (Å²) < 4.78 is 21.0. The minimum absolute atomic E-state index is 0.166. The van der Waals surface area contributed by atoms with Crippen molar-refractivity contribution in [3.63, 3.8) is 0 Å². The average Bonchev–Trinajstić information content (AvgIpc) is 3.48. The van der Waals surface area contributed by atoms with Gasteiger partial charge in [0.05, 0.1) is 12.0 Å². The molecule has 2 aliphatic rings. The molecule has 3 heterocycles. The molecule has 4 aromatic rings. The summed E-state index contributed by atoms with van der Waals surface area (Å²) in [5.41, 5.74) is 5.14. The number of hydrogen-bond acceptors (Lipinski definition) is 6. The van der Waals surface area contributed by atoms with E-state index in [1.165, 1.54) is 24.0 Å². The van der Waals surface area contributed by atoms with Crippen LogP contribution in [0.1, 0.15) is 48.2 Å². The lowest BCUT2D eigenvalue weighted by Crippen LogP contribution is -2.32. The molecule has 174 valence electrons. The van der Waals surface area contributed by atoms with Crippen LogP contribution in [0.2, 0.25) is 0 Å². The molecule has 0 unspecified atom stereocenters. The summed E-state index contributed by atoms with van der Waals surface area (Å²) in [4.78, 5) is 13.7. The summed E-state index contributed by atoms with van der Waals surface area (Å²) in [5.74, 6) is 2.15. The van der Waals surface area contributed by atoms with Gasteiger partial charge in [0.15, 0.2) is 5.65 Å². The van der Waals surface area contributed by atoms with Crippen LogP contribution >= 0.6 is 0 Å². The molecule has 0 amide bonds. The van der Waals surface area contributed by atoms with Gasteiger partial charge in [0, 0.05) is 12.3 Å². The Morgan fingerprint density at radius 3 is 2.32 bits per heavy atom. The lowest BCUT2D eigenvalue weighted by atomic mass is 10.1. The van der Waals surface area contributed by atoms with Crippen LogP contribution in [0, 0.1) is 13.8 Å². The minimum atomic E-state index is -0.242. The standard InChI is InChI=1S/C27H28N4O3/c1-17-3-9-20(10-4-17)32-14-23-22(33-21-11-5-18(2)6-12-21)13-24(34-23)31-16-30-26-25(19-7-8-19)28-15-29-27(26)31/h3-6,9-12,15-16,19,22-24H,7-8,13-14H2,1-2H3/t22-,23+,24+/m0/s1. The summed E-state index contributed by atoms with van der Waals surface area (Å²) in [6.45, 7) is 4.52. The second-order valence-electron chi connectivity index (χ2n) is 9.32. The molecule has 7 heteroatoms. The third kappa shape index (κ3) is 4.23. The van der Waals surface area contributed by atoms with Crippen LogP contribution < -0.4 is 9.47 Å². The fourth-order valence-corrected chi connectivity index (χ4v) is 4.49. The third-order valence-electron chi connectivity index (χ3n) is 6.59. The molecular formula is C27H28N4O3. The molecule has 0 radical (unpaired) electrons. The number of imidazole rings is 1. The molecule has 0 N–H and O–H groups in total. The number of benzene rings is 2. The molecular weight excluding hydrogens is 428 g/mol. The first-order valence-electron chi connectivity index (χ1n) is 11.9.